The van der Waals surface area contributed by atoms with E-state index in [2.05, 4.69) is 46.2 Å². The van der Waals surface area contributed by atoms with Crippen LogP contribution in [0.3, 0.4) is 0 Å². The SMILES string of the molecule is CCCCCCCOC(=O)CCCCCCCN(CCCCCCCC(=O)OC(CCCC)CCCCC)CCCN=C(NC#N)NCCN(C)C. The number of aliphatic imine (C=N–C) groups is 1. The van der Waals surface area contributed by atoms with Gasteiger partial charge in [0.15, 0.2) is 6.19 Å². The van der Waals surface area contributed by atoms with Gasteiger partial charge in [-0.1, -0.05) is 111 Å². The minimum absolute atomic E-state index is 0.0134. The van der Waals surface area contributed by atoms with Crippen LogP contribution in [0.25, 0.3) is 0 Å². The van der Waals surface area contributed by atoms with Crippen molar-refractivity contribution in [1.82, 2.24) is 20.4 Å². The predicted octanol–water partition coefficient (Wildman–Crippen LogP) is 9.13. The number of rotatable bonds is 37. The Kier molecular flexibility index (Phi) is 36.6. The van der Waals surface area contributed by atoms with Crippen molar-refractivity contribution in [3.05, 3.63) is 0 Å². The Morgan fingerprint density at radius 1 is 0.654 bits per heavy atom. The van der Waals surface area contributed by atoms with E-state index in [0.29, 0.717) is 32.0 Å². The fraction of sp³-hybridized carbons (Fsp3) is 0.905. The van der Waals surface area contributed by atoms with Gasteiger partial charge in [-0.15, -0.1) is 0 Å². The van der Waals surface area contributed by atoms with Gasteiger partial charge in [-0.25, -0.2) is 0 Å². The number of guanidine groups is 1. The molecule has 0 saturated carbocycles. The van der Waals surface area contributed by atoms with Crippen LogP contribution in [0, 0.1) is 11.5 Å². The summed E-state index contributed by atoms with van der Waals surface area (Å²) in [5.74, 6) is 0.489. The molecule has 0 aromatic carbocycles. The Hall–Kier alpha value is -2.38. The first-order valence-electron chi connectivity index (χ1n) is 21.5. The number of carbonyl (C=O) groups excluding carboxylic acids is 2. The van der Waals surface area contributed by atoms with Gasteiger partial charge in [0.05, 0.1) is 6.61 Å². The van der Waals surface area contributed by atoms with E-state index in [9.17, 15) is 9.59 Å². The summed E-state index contributed by atoms with van der Waals surface area (Å²) in [5, 5.41) is 15.0. The van der Waals surface area contributed by atoms with E-state index in [-0.39, 0.29) is 18.0 Å². The Labute approximate surface area is 320 Å². The maximum atomic E-state index is 12.5. The second-order valence-electron chi connectivity index (χ2n) is 14.8. The van der Waals surface area contributed by atoms with Crippen LogP contribution in [-0.2, 0) is 19.1 Å². The lowest BCUT2D eigenvalue weighted by atomic mass is 10.1. The molecule has 1 atom stereocenters. The molecule has 2 N–H and O–H groups in total. The first-order chi connectivity index (χ1) is 25.4. The molecule has 304 valence electrons. The Morgan fingerprint density at radius 3 is 1.83 bits per heavy atom. The summed E-state index contributed by atoms with van der Waals surface area (Å²) in [6.07, 6.45) is 28.6. The average Bonchev–Trinajstić information content (AvgIpc) is 3.12. The molecule has 10 heteroatoms. The lowest BCUT2D eigenvalue weighted by Crippen LogP contribution is -2.38. The molecule has 0 amide bonds. The molecular formula is C42H82N6O4. The second-order valence-corrected chi connectivity index (χ2v) is 14.8. The number of carbonyl (C=O) groups is 2. The summed E-state index contributed by atoms with van der Waals surface area (Å²) >= 11 is 0. The number of unbranched alkanes of at least 4 members (excludes halogenated alkanes) is 15. The zero-order valence-electron chi connectivity index (χ0n) is 34.6. The lowest BCUT2D eigenvalue weighted by molar-refractivity contribution is -0.150. The maximum absolute atomic E-state index is 12.5. The minimum atomic E-state index is -0.0425. The molecule has 0 bridgehead atoms. The lowest BCUT2D eigenvalue weighted by Gasteiger charge is -2.22. The number of ether oxygens (including phenoxy) is 2. The van der Waals surface area contributed by atoms with Crippen LogP contribution in [0.4, 0.5) is 0 Å². The summed E-state index contributed by atoms with van der Waals surface area (Å²) in [5.41, 5.74) is 0. The molecule has 0 fully saturated rings. The molecule has 52 heavy (non-hydrogen) atoms. The smallest absolute Gasteiger partial charge is 0.306 e. The van der Waals surface area contributed by atoms with Crippen molar-refractivity contribution in [3.8, 4) is 6.19 Å². The van der Waals surface area contributed by atoms with Crippen molar-refractivity contribution >= 4 is 17.9 Å². The van der Waals surface area contributed by atoms with E-state index in [1.54, 1.807) is 0 Å². The number of nitriles is 1. The van der Waals surface area contributed by atoms with Crippen LogP contribution in [0.2, 0.25) is 0 Å². The number of likely N-dealkylation sites (N-methyl/N-ethyl adjacent to an activating group) is 1. The zero-order chi connectivity index (χ0) is 38.3. The number of nitrogens with one attached hydrogen (secondary N) is 2. The molecule has 0 aliphatic carbocycles. The normalized spacial score (nSPS) is 12.2. The highest BCUT2D eigenvalue weighted by Gasteiger charge is 2.14. The van der Waals surface area contributed by atoms with Crippen molar-refractivity contribution < 1.29 is 19.1 Å². The number of nitrogens with zero attached hydrogens (tertiary/aromatic N) is 4. The zero-order valence-corrected chi connectivity index (χ0v) is 34.6. The van der Waals surface area contributed by atoms with Gasteiger partial charge in [-0.2, -0.15) is 5.26 Å². The minimum Gasteiger partial charge on any atom is -0.466 e. The van der Waals surface area contributed by atoms with Gasteiger partial charge in [0.1, 0.15) is 6.10 Å². The van der Waals surface area contributed by atoms with E-state index in [0.717, 1.165) is 135 Å². The van der Waals surface area contributed by atoms with E-state index in [1.165, 1.54) is 44.9 Å². The highest BCUT2D eigenvalue weighted by Crippen LogP contribution is 2.16. The van der Waals surface area contributed by atoms with Crippen molar-refractivity contribution in [1.29, 1.82) is 5.26 Å². The molecule has 0 aromatic rings. The summed E-state index contributed by atoms with van der Waals surface area (Å²) in [6.45, 7) is 12.6. The Balaban J connectivity index is 4.53. The molecule has 0 spiro atoms. The van der Waals surface area contributed by atoms with Crippen molar-refractivity contribution in [2.75, 3.05) is 60.0 Å². The van der Waals surface area contributed by atoms with E-state index in [1.807, 2.05) is 20.3 Å². The van der Waals surface area contributed by atoms with Crippen LogP contribution in [0.1, 0.15) is 181 Å². The number of hydrogen-bond acceptors (Lipinski definition) is 8. The monoisotopic (exact) mass is 735 g/mol. The van der Waals surface area contributed by atoms with Crippen LogP contribution in [0.15, 0.2) is 4.99 Å². The maximum Gasteiger partial charge on any atom is 0.306 e. The third-order valence-corrected chi connectivity index (χ3v) is 9.46. The number of hydrogen-bond donors (Lipinski definition) is 2. The standard InChI is InChI=1S/C42H82N6O4/c1-6-9-12-19-25-37-51-40(49)29-21-15-13-17-23-33-48(35-26-31-44-42(46-38-43)45-32-36-47(4)5)34-24-18-14-16-22-30-41(50)52-39(27-11-8-3)28-20-10-7-2/h39H,6-37H2,1-5H3,(H2,44,45,46). The highest BCUT2D eigenvalue weighted by atomic mass is 16.5. The largest absolute Gasteiger partial charge is 0.466 e. The third-order valence-electron chi connectivity index (χ3n) is 9.46. The van der Waals surface area contributed by atoms with Gasteiger partial charge in [-0.3, -0.25) is 19.9 Å². The summed E-state index contributed by atoms with van der Waals surface area (Å²) < 4.78 is 11.3. The van der Waals surface area contributed by atoms with Gasteiger partial charge in [0, 0.05) is 32.5 Å². The van der Waals surface area contributed by atoms with Gasteiger partial charge < -0.3 is 24.6 Å². The van der Waals surface area contributed by atoms with E-state index >= 15 is 0 Å². The van der Waals surface area contributed by atoms with Crippen molar-refractivity contribution in [2.45, 2.75) is 187 Å². The summed E-state index contributed by atoms with van der Waals surface area (Å²) in [6, 6.07) is 0. The molecule has 0 heterocycles. The molecular weight excluding hydrogens is 652 g/mol. The third kappa shape index (κ3) is 34.7. The first kappa shape index (κ1) is 49.6. The molecule has 0 aromatic heterocycles. The van der Waals surface area contributed by atoms with Crippen LogP contribution < -0.4 is 10.6 Å². The Bertz CT molecular complexity index is 894. The van der Waals surface area contributed by atoms with Crippen LogP contribution in [0.5, 0.6) is 0 Å². The molecule has 0 rings (SSSR count). The van der Waals surface area contributed by atoms with E-state index < -0.39 is 0 Å². The van der Waals surface area contributed by atoms with Gasteiger partial charge >= 0.3 is 11.9 Å². The van der Waals surface area contributed by atoms with Gasteiger partial charge in [0.25, 0.3) is 0 Å². The fourth-order valence-electron chi connectivity index (χ4n) is 6.21. The highest BCUT2D eigenvalue weighted by molar-refractivity contribution is 5.81. The molecule has 0 aliphatic rings. The molecule has 10 nitrogen and oxygen atoms in total. The molecule has 1 unspecified atom stereocenters. The summed E-state index contributed by atoms with van der Waals surface area (Å²) in [7, 11) is 4.05. The van der Waals surface area contributed by atoms with E-state index in [4.69, 9.17) is 14.7 Å². The molecule has 0 radical (unpaired) electrons. The first-order valence-corrected chi connectivity index (χ1v) is 21.5. The van der Waals surface area contributed by atoms with Crippen LogP contribution in [-0.4, -0.2) is 93.8 Å². The topological polar surface area (TPSA) is 119 Å². The summed E-state index contributed by atoms with van der Waals surface area (Å²) in [4.78, 5) is 33.8. The van der Waals surface area contributed by atoms with Crippen molar-refractivity contribution in [2.24, 2.45) is 4.99 Å². The van der Waals surface area contributed by atoms with Crippen molar-refractivity contribution in [3.63, 3.8) is 0 Å². The second kappa shape index (κ2) is 38.3. The fourth-order valence-corrected chi connectivity index (χ4v) is 6.21. The Morgan fingerprint density at radius 2 is 1.19 bits per heavy atom. The van der Waals surface area contributed by atoms with Gasteiger partial charge in [0.2, 0.25) is 5.96 Å². The van der Waals surface area contributed by atoms with Crippen LogP contribution >= 0.6 is 0 Å². The quantitative estimate of drug-likeness (QED) is 0.0161. The molecule has 0 aliphatic heterocycles. The average molecular weight is 735 g/mol. The number of esters is 2. The van der Waals surface area contributed by atoms with Gasteiger partial charge in [-0.05, 0) is 91.5 Å². The molecule has 0 saturated heterocycles. The predicted molar refractivity (Wildman–Crippen MR) is 217 cm³/mol.